The second-order valence-corrected chi connectivity index (χ2v) is 7.07. The highest BCUT2D eigenvalue weighted by molar-refractivity contribution is 5.75. The van der Waals surface area contributed by atoms with Crippen molar-refractivity contribution in [2.75, 3.05) is 27.2 Å². The Hall–Kier alpha value is -1.49. The molecule has 0 N–H and O–H groups in total. The topological polar surface area (TPSA) is 49.3 Å². The number of piperidine rings is 1. The monoisotopic (exact) mass is 318 g/mol. The summed E-state index contributed by atoms with van der Waals surface area (Å²) >= 11 is 0. The molecule has 23 heavy (non-hydrogen) atoms. The first kappa shape index (κ1) is 17.9. The molecule has 1 aromatic heterocycles. The molecule has 1 saturated heterocycles. The van der Waals surface area contributed by atoms with Crippen molar-refractivity contribution >= 4 is 5.91 Å². The largest absolute Gasteiger partial charge is 0.349 e. The van der Waals surface area contributed by atoms with Crippen LogP contribution in [0.5, 0.6) is 0 Å². The zero-order valence-corrected chi connectivity index (χ0v) is 15.2. The zero-order chi connectivity index (χ0) is 17.0. The third-order valence-corrected chi connectivity index (χ3v) is 4.57. The van der Waals surface area contributed by atoms with Crippen LogP contribution < -0.4 is 0 Å². The summed E-state index contributed by atoms with van der Waals surface area (Å²) in [4.78, 5) is 25.4. The van der Waals surface area contributed by atoms with Gasteiger partial charge in [0, 0.05) is 50.4 Å². The van der Waals surface area contributed by atoms with Crippen molar-refractivity contribution in [1.29, 1.82) is 0 Å². The Labute approximate surface area is 140 Å². The van der Waals surface area contributed by atoms with E-state index >= 15 is 0 Å². The number of carbonyl (C=O) groups excluding carboxylic acids is 1. The van der Waals surface area contributed by atoms with E-state index in [0.717, 1.165) is 30.2 Å². The summed E-state index contributed by atoms with van der Waals surface area (Å²) in [6.45, 7) is 8.72. The van der Waals surface area contributed by atoms with E-state index in [1.807, 2.05) is 13.0 Å². The van der Waals surface area contributed by atoms with Gasteiger partial charge in [0.15, 0.2) is 0 Å². The molecule has 0 saturated carbocycles. The molecule has 1 aliphatic rings. The Kier molecular flexibility index (Phi) is 6.10. The summed E-state index contributed by atoms with van der Waals surface area (Å²) in [7, 11) is 3.59. The third kappa shape index (κ3) is 4.99. The van der Waals surface area contributed by atoms with Crippen molar-refractivity contribution in [3.05, 3.63) is 23.3 Å². The smallest absolute Gasteiger partial charge is 0.222 e. The molecule has 0 aromatic carbocycles. The molecule has 0 spiro atoms. The summed E-state index contributed by atoms with van der Waals surface area (Å²) in [6.07, 6.45) is 3.55. The number of likely N-dealkylation sites (tertiary alicyclic amines) is 1. The van der Waals surface area contributed by atoms with Gasteiger partial charge in [-0.2, -0.15) is 0 Å². The fraction of sp³-hybridized carbons (Fsp3) is 0.722. The van der Waals surface area contributed by atoms with E-state index in [1.54, 1.807) is 19.0 Å². The standard InChI is InChI=1S/C18H30N4O/c1-13(2)22-10-6-7-15(12-22)18-19-14(3)11-16(20-18)8-9-17(23)21(4)5/h11,13,15H,6-10,12H2,1-5H3. The van der Waals surface area contributed by atoms with E-state index < -0.39 is 0 Å². The second-order valence-electron chi connectivity index (χ2n) is 7.07. The Bertz CT molecular complexity index is 542. The number of carbonyl (C=O) groups is 1. The first-order chi connectivity index (χ1) is 10.9. The van der Waals surface area contributed by atoms with E-state index in [2.05, 4.69) is 23.7 Å². The van der Waals surface area contributed by atoms with Crippen molar-refractivity contribution < 1.29 is 4.79 Å². The van der Waals surface area contributed by atoms with Crippen molar-refractivity contribution in [1.82, 2.24) is 19.8 Å². The van der Waals surface area contributed by atoms with Gasteiger partial charge < -0.3 is 9.80 Å². The maximum atomic E-state index is 11.8. The molecule has 5 nitrogen and oxygen atoms in total. The fourth-order valence-corrected chi connectivity index (χ4v) is 3.11. The van der Waals surface area contributed by atoms with Crippen LogP contribution in [0.15, 0.2) is 6.07 Å². The highest BCUT2D eigenvalue weighted by Gasteiger charge is 2.25. The van der Waals surface area contributed by atoms with Gasteiger partial charge in [0.25, 0.3) is 0 Å². The van der Waals surface area contributed by atoms with E-state index in [4.69, 9.17) is 4.98 Å². The van der Waals surface area contributed by atoms with Crippen molar-refractivity contribution in [2.45, 2.75) is 58.4 Å². The molecule has 1 unspecified atom stereocenters. The minimum atomic E-state index is 0.145. The van der Waals surface area contributed by atoms with Crippen LogP contribution in [0.1, 0.15) is 56.2 Å². The van der Waals surface area contributed by atoms with Gasteiger partial charge in [-0.15, -0.1) is 0 Å². The lowest BCUT2D eigenvalue weighted by Crippen LogP contribution is -2.39. The predicted octanol–water partition coefficient (Wildman–Crippen LogP) is 2.39. The quantitative estimate of drug-likeness (QED) is 0.836. The number of rotatable bonds is 5. The van der Waals surface area contributed by atoms with E-state index in [1.165, 1.54) is 13.0 Å². The number of amides is 1. The second kappa shape index (κ2) is 7.86. The molecule has 5 heteroatoms. The normalized spacial score (nSPS) is 19.1. The number of hydrogen-bond donors (Lipinski definition) is 0. The molecular weight excluding hydrogens is 288 g/mol. The highest BCUT2D eigenvalue weighted by atomic mass is 16.2. The minimum absolute atomic E-state index is 0.145. The van der Waals surface area contributed by atoms with Gasteiger partial charge in [0.2, 0.25) is 5.91 Å². The van der Waals surface area contributed by atoms with Crippen LogP contribution in [-0.4, -0.2) is 58.9 Å². The molecule has 1 atom stereocenters. The Balaban J connectivity index is 2.09. The number of aromatic nitrogens is 2. The van der Waals surface area contributed by atoms with Crippen LogP contribution in [0, 0.1) is 6.92 Å². The molecule has 2 heterocycles. The summed E-state index contributed by atoms with van der Waals surface area (Å²) in [5.41, 5.74) is 1.99. The molecule has 2 rings (SSSR count). The van der Waals surface area contributed by atoms with E-state index in [0.29, 0.717) is 24.8 Å². The van der Waals surface area contributed by atoms with Gasteiger partial charge >= 0.3 is 0 Å². The molecule has 1 fully saturated rings. The van der Waals surface area contributed by atoms with Crippen LogP contribution in [0.3, 0.4) is 0 Å². The van der Waals surface area contributed by atoms with Gasteiger partial charge in [-0.25, -0.2) is 9.97 Å². The average Bonchev–Trinajstić information content (AvgIpc) is 2.52. The SMILES string of the molecule is Cc1cc(CCC(=O)N(C)C)nc(C2CCCN(C(C)C)C2)n1. The zero-order valence-electron chi connectivity index (χ0n) is 15.2. The maximum absolute atomic E-state index is 11.8. The lowest BCUT2D eigenvalue weighted by molar-refractivity contribution is -0.128. The van der Waals surface area contributed by atoms with Crippen molar-refractivity contribution in [3.63, 3.8) is 0 Å². The van der Waals surface area contributed by atoms with E-state index in [9.17, 15) is 4.79 Å². The first-order valence-electron chi connectivity index (χ1n) is 8.65. The Morgan fingerprint density at radius 2 is 2.13 bits per heavy atom. The van der Waals surface area contributed by atoms with Gasteiger partial charge in [0.05, 0.1) is 0 Å². The molecule has 0 bridgehead atoms. The first-order valence-corrected chi connectivity index (χ1v) is 8.65. The van der Waals surface area contributed by atoms with Crippen molar-refractivity contribution in [2.24, 2.45) is 0 Å². The predicted molar refractivity (Wildman–Crippen MR) is 92.5 cm³/mol. The van der Waals surface area contributed by atoms with Gasteiger partial charge in [-0.05, 0) is 52.6 Å². The fourth-order valence-electron chi connectivity index (χ4n) is 3.11. The van der Waals surface area contributed by atoms with Gasteiger partial charge in [-0.3, -0.25) is 4.79 Å². The summed E-state index contributed by atoms with van der Waals surface area (Å²) in [6, 6.07) is 2.58. The van der Waals surface area contributed by atoms with Gasteiger partial charge in [0.1, 0.15) is 5.82 Å². The molecule has 1 aromatic rings. The Morgan fingerprint density at radius 1 is 1.39 bits per heavy atom. The molecule has 128 valence electrons. The van der Waals surface area contributed by atoms with Crippen LogP contribution in [0.4, 0.5) is 0 Å². The summed E-state index contributed by atoms with van der Waals surface area (Å²) in [5, 5.41) is 0. The highest BCUT2D eigenvalue weighted by Crippen LogP contribution is 2.26. The maximum Gasteiger partial charge on any atom is 0.222 e. The Morgan fingerprint density at radius 3 is 2.78 bits per heavy atom. The number of hydrogen-bond acceptors (Lipinski definition) is 4. The third-order valence-electron chi connectivity index (χ3n) is 4.57. The summed E-state index contributed by atoms with van der Waals surface area (Å²) in [5.74, 6) is 1.52. The molecule has 0 radical (unpaired) electrons. The average molecular weight is 318 g/mol. The van der Waals surface area contributed by atoms with Crippen LogP contribution in [0.25, 0.3) is 0 Å². The lowest BCUT2D eigenvalue weighted by Gasteiger charge is -2.34. The van der Waals surface area contributed by atoms with Gasteiger partial charge in [-0.1, -0.05) is 0 Å². The summed E-state index contributed by atoms with van der Waals surface area (Å²) < 4.78 is 0. The molecule has 0 aliphatic carbocycles. The minimum Gasteiger partial charge on any atom is -0.349 e. The van der Waals surface area contributed by atoms with Crippen LogP contribution in [-0.2, 0) is 11.2 Å². The van der Waals surface area contributed by atoms with Crippen LogP contribution in [0.2, 0.25) is 0 Å². The lowest BCUT2D eigenvalue weighted by atomic mass is 9.96. The van der Waals surface area contributed by atoms with Crippen LogP contribution >= 0.6 is 0 Å². The molecular formula is C18H30N4O. The van der Waals surface area contributed by atoms with Crippen molar-refractivity contribution in [3.8, 4) is 0 Å². The van der Waals surface area contributed by atoms with E-state index in [-0.39, 0.29) is 5.91 Å². The molecule has 1 amide bonds. The number of nitrogens with zero attached hydrogens (tertiary/aromatic N) is 4. The molecule has 1 aliphatic heterocycles. The number of aryl methyl sites for hydroxylation is 2.